The Morgan fingerprint density at radius 2 is 1.83 bits per heavy atom. The van der Waals surface area contributed by atoms with E-state index in [9.17, 15) is 14.0 Å². The number of furan rings is 1. The van der Waals surface area contributed by atoms with Gasteiger partial charge in [0.05, 0.1) is 5.69 Å². The monoisotopic (exact) mass is 312 g/mol. The van der Waals surface area contributed by atoms with Gasteiger partial charge in [-0.3, -0.25) is 9.59 Å². The topological polar surface area (TPSA) is 71.3 Å². The second-order valence-corrected chi connectivity index (χ2v) is 4.98. The zero-order chi connectivity index (χ0) is 16.4. The molecule has 0 aliphatic carbocycles. The van der Waals surface area contributed by atoms with Crippen LogP contribution in [-0.2, 0) is 4.79 Å². The molecule has 1 aromatic heterocycles. The number of halogens is 1. The summed E-state index contributed by atoms with van der Waals surface area (Å²) in [4.78, 5) is 23.3. The van der Waals surface area contributed by atoms with Crippen LogP contribution >= 0.6 is 0 Å². The molecule has 0 aliphatic heterocycles. The van der Waals surface area contributed by atoms with Gasteiger partial charge in [-0.15, -0.1) is 0 Å². The zero-order valence-electron chi connectivity index (χ0n) is 12.2. The first-order chi connectivity index (χ1) is 11.0. The number of nitrogens with one attached hydrogen (secondary N) is 2. The Morgan fingerprint density at radius 3 is 2.57 bits per heavy atom. The first-order valence-electron chi connectivity index (χ1n) is 6.90. The van der Waals surface area contributed by atoms with E-state index in [4.69, 9.17) is 4.42 Å². The van der Waals surface area contributed by atoms with Gasteiger partial charge >= 0.3 is 0 Å². The highest BCUT2D eigenvalue weighted by Gasteiger charge is 2.14. The molecule has 2 amide bonds. The van der Waals surface area contributed by atoms with Gasteiger partial charge in [-0.1, -0.05) is 18.2 Å². The van der Waals surface area contributed by atoms with Crippen molar-refractivity contribution < 1.29 is 18.4 Å². The fourth-order valence-corrected chi connectivity index (χ4v) is 2.18. The number of hydrogen-bond acceptors (Lipinski definition) is 3. The van der Waals surface area contributed by atoms with Crippen molar-refractivity contribution in [1.29, 1.82) is 0 Å². The molecule has 1 heterocycles. The van der Waals surface area contributed by atoms with Gasteiger partial charge in [0.2, 0.25) is 5.91 Å². The lowest BCUT2D eigenvalue weighted by Crippen LogP contribution is -2.13. The summed E-state index contributed by atoms with van der Waals surface area (Å²) in [7, 11) is 0. The van der Waals surface area contributed by atoms with E-state index in [1.807, 2.05) is 12.1 Å². The van der Waals surface area contributed by atoms with E-state index in [0.717, 1.165) is 5.39 Å². The van der Waals surface area contributed by atoms with Crippen molar-refractivity contribution >= 4 is 34.2 Å². The Kier molecular flexibility index (Phi) is 3.80. The largest absolute Gasteiger partial charge is 0.451 e. The number of carbonyl (C=O) groups excluding carboxylic acids is 2. The molecule has 0 saturated carbocycles. The summed E-state index contributed by atoms with van der Waals surface area (Å²) in [5.41, 5.74) is 0.922. The maximum absolute atomic E-state index is 13.8. The van der Waals surface area contributed by atoms with Crippen molar-refractivity contribution in [3.05, 3.63) is 60.1 Å². The predicted octanol–water partition coefficient (Wildman–Crippen LogP) is 3.78. The number of benzene rings is 2. The highest BCUT2D eigenvalue weighted by molar-refractivity contribution is 6.05. The first-order valence-corrected chi connectivity index (χ1v) is 6.90. The number of para-hydroxylation sites is 1. The summed E-state index contributed by atoms with van der Waals surface area (Å²) in [6.07, 6.45) is 0. The standard InChI is InChI=1S/C17H13FN2O3/c1-10(21)19-12-6-7-13(18)14(9-12)20-17(22)16-8-11-4-2-3-5-15(11)23-16/h2-9H,1H3,(H,19,21)(H,20,22). The maximum atomic E-state index is 13.8. The summed E-state index contributed by atoms with van der Waals surface area (Å²) in [6, 6.07) is 12.7. The normalized spacial score (nSPS) is 10.5. The van der Waals surface area contributed by atoms with Crippen LogP contribution in [0, 0.1) is 5.82 Å². The van der Waals surface area contributed by atoms with Crippen LogP contribution in [0.1, 0.15) is 17.5 Å². The van der Waals surface area contributed by atoms with E-state index in [0.29, 0.717) is 11.3 Å². The van der Waals surface area contributed by atoms with Crippen LogP contribution in [0.2, 0.25) is 0 Å². The second-order valence-electron chi connectivity index (χ2n) is 4.98. The number of hydrogen-bond donors (Lipinski definition) is 2. The van der Waals surface area contributed by atoms with Gasteiger partial charge in [0.25, 0.3) is 5.91 Å². The van der Waals surface area contributed by atoms with Crippen LogP contribution in [0.3, 0.4) is 0 Å². The number of anilines is 2. The molecule has 0 saturated heterocycles. The Hall–Kier alpha value is -3.15. The molecule has 3 aromatic rings. The molecule has 2 N–H and O–H groups in total. The Labute approximate surface area is 131 Å². The molecule has 23 heavy (non-hydrogen) atoms. The summed E-state index contributed by atoms with van der Waals surface area (Å²) in [5, 5.41) is 5.75. The van der Waals surface area contributed by atoms with Crippen LogP contribution in [0.25, 0.3) is 11.0 Å². The summed E-state index contributed by atoms with van der Waals surface area (Å²) >= 11 is 0. The molecule has 0 spiro atoms. The van der Waals surface area contributed by atoms with Gasteiger partial charge in [-0.05, 0) is 30.3 Å². The Bertz CT molecular complexity index is 869. The minimum atomic E-state index is -0.608. The smallest absolute Gasteiger partial charge is 0.291 e. The van der Waals surface area contributed by atoms with Crippen LogP contribution in [-0.4, -0.2) is 11.8 Å². The van der Waals surface area contributed by atoms with E-state index in [2.05, 4.69) is 10.6 Å². The van der Waals surface area contributed by atoms with Gasteiger partial charge in [-0.25, -0.2) is 4.39 Å². The minimum absolute atomic E-state index is 0.0401. The molecule has 0 fully saturated rings. The van der Waals surface area contributed by atoms with Crippen LogP contribution < -0.4 is 10.6 Å². The predicted molar refractivity (Wildman–Crippen MR) is 84.9 cm³/mol. The first kappa shape index (κ1) is 14.8. The van der Waals surface area contributed by atoms with Crippen LogP contribution in [0.5, 0.6) is 0 Å². The van der Waals surface area contributed by atoms with Gasteiger partial charge in [0.1, 0.15) is 11.4 Å². The number of rotatable bonds is 3. The molecule has 3 rings (SSSR count). The van der Waals surface area contributed by atoms with Gasteiger partial charge in [-0.2, -0.15) is 0 Å². The minimum Gasteiger partial charge on any atom is -0.451 e. The maximum Gasteiger partial charge on any atom is 0.291 e. The number of fused-ring (bicyclic) bond motifs is 1. The summed E-state index contributed by atoms with van der Waals surface area (Å²) in [5.74, 6) is -1.38. The fraction of sp³-hybridized carbons (Fsp3) is 0.0588. The molecule has 5 nitrogen and oxygen atoms in total. The van der Waals surface area contributed by atoms with Crippen molar-refractivity contribution in [3.8, 4) is 0 Å². The third-order valence-corrected chi connectivity index (χ3v) is 3.18. The van der Waals surface area contributed by atoms with Crippen molar-refractivity contribution in [2.24, 2.45) is 0 Å². The molecular formula is C17H13FN2O3. The van der Waals surface area contributed by atoms with Gasteiger partial charge in [0.15, 0.2) is 5.76 Å². The van der Waals surface area contributed by atoms with E-state index < -0.39 is 11.7 Å². The molecule has 116 valence electrons. The molecule has 0 aliphatic rings. The second kappa shape index (κ2) is 5.92. The Balaban J connectivity index is 1.85. The van der Waals surface area contributed by atoms with E-state index in [1.165, 1.54) is 25.1 Å². The molecule has 0 atom stereocenters. The quantitative estimate of drug-likeness (QED) is 0.773. The van der Waals surface area contributed by atoms with E-state index >= 15 is 0 Å². The number of carbonyl (C=O) groups is 2. The van der Waals surface area contributed by atoms with Crippen molar-refractivity contribution in [2.75, 3.05) is 10.6 Å². The van der Waals surface area contributed by atoms with Crippen molar-refractivity contribution in [2.45, 2.75) is 6.92 Å². The highest BCUT2D eigenvalue weighted by atomic mass is 19.1. The van der Waals surface area contributed by atoms with Crippen molar-refractivity contribution in [3.63, 3.8) is 0 Å². The molecule has 0 radical (unpaired) electrons. The number of amides is 2. The van der Waals surface area contributed by atoms with Crippen LogP contribution in [0.4, 0.5) is 15.8 Å². The SMILES string of the molecule is CC(=O)Nc1ccc(F)c(NC(=O)c2cc3ccccc3o2)c1. The molecule has 0 unspecified atom stereocenters. The summed E-state index contributed by atoms with van der Waals surface area (Å²) in [6.45, 7) is 1.34. The van der Waals surface area contributed by atoms with Gasteiger partial charge < -0.3 is 15.1 Å². The average molecular weight is 312 g/mol. The van der Waals surface area contributed by atoms with Crippen molar-refractivity contribution in [1.82, 2.24) is 0 Å². The molecule has 6 heteroatoms. The van der Waals surface area contributed by atoms with Gasteiger partial charge in [0, 0.05) is 18.0 Å². The lowest BCUT2D eigenvalue weighted by Gasteiger charge is -2.08. The molecule has 2 aromatic carbocycles. The Morgan fingerprint density at radius 1 is 1.04 bits per heavy atom. The van der Waals surface area contributed by atoms with Crippen LogP contribution in [0.15, 0.2) is 52.9 Å². The van der Waals surface area contributed by atoms with E-state index in [-0.39, 0.29) is 17.4 Å². The third-order valence-electron chi connectivity index (χ3n) is 3.18. The average Bonchev–Trinajstić information content (AvgIpc) is 2.94. The molecular weight excluding hydrogens is 299 g/mol. The molecule has 0 bridgehead atoms. The fourth-order valence-electron chi connectivity index (χ4n) is 2.18. The third kappa shape index (κ3) is 3.21. The summed E-state index contributed by atoms with van der Waals surface area (Å²) < 4.78 is 19.3. The lowest BCUT2D eigenvalue weighted by molar-refractivity contribution is -0.114. The van der Waals surface area contributed by atoms with E-state index in [1.54, 1.807) is 18.2 Å². The zero-order valence-corrected chi connectivity index (χ0v) is 12.2. The lowest BCUT2D eigenvalue weighted by atomic mass is 10.2. The highest BCUT2D eigenvalue weighted by Crippen LogP contribution is 2.23.